The summed E-state index contributed by atoms with van der Waals surface area (Å²) in [6.45, 7) is 0.125. The van der Waals surface area contributed by atoms with Crippen molar-refractivity contribution >= 4 is 6.26 Å². The maximum atomic E-state index is 10.7. The molecule has 11 heavy (non-hydrogen) atoms. The topological polar surface area (TPSA) is 35.5 Å². The average Bonchev–Trinajstić information content (AvgIpc) is 2.49. The van der Waals surface area contributed by atoms with Gasteiger partial charge in [0.15, 0.2) is 17.8 Å². The quantitative estimate of drug-likeness (QED) is 0.566. The summed E-state index contributed by atoms with van der Waals surface area (Å²) in [5.41, 5.74) is 0.255. The van der Waals surface area contributed by atoms with Crippen molar-refractivity contribution in [3.63, 3.8) is 0 Å². The zero-order valence-electron chi connectivity index (χ0n) is 6.66. The molecule has 0 radical (unpaired) electrons. The number of ether oxygens (including phenoxy) is 2. The van der Waals surface area contributed by atoms with Gasteiger partial charge in [0.2, 0.25) is 6.79 Å². The van der Waals surface area contributed by atoms with Crippen LogP contribution in [0.5, 0.6) is 11.5 Å². The zero-order valence-corrected chi connectivity index (χ0v) is 5.66. The number of carbonyl (C=O) groups is 1. The van der Waals surface area contributed by atoms with Gasteiger partial charge in [0.05, 0.1) is 5.56 Å². The SMILES string of the molecule is [2H]C(=O)c1cccc2c1OCO2. The van der Waals surface area contributed by atoms with Crippen LogP contribution in [0.25, 0.3) is 0 Å². The van der Waals surface area contributed by atoms with Gasteiger partial charge >= 0.3 is 0 Å². The van der Waals surface area contributed by atoms with Crippen molar-refractivity contribution in [2.24, 2.45) is 0 Å². The highest BCUT2D eigenvalue weighted by Gasteiger charge is 2.15. The highest BCUT2D eigenvalue weighted by atomic mass is 16.7. The molecule has 0 atom stereocenters. The van der Waals surface area contributed by atoms with Gasteiger partial charge in [-0.3, -0.25) is 4.79 Å². The first-order valence-corrected chi connectivity index (χ1v) is 3.18. The molecule has 2 rings (SSSR count). The van der Waals surface area contributed by atoms with Crippen LogP contribution in [0.2, 0.25) is 0 Å². The average molecular weight is 151 g/mol. The number of hydrogen-bond donors (Lipinski definition) is 0. The third-order valence-electron chi connectivity index (χ3n) is 1.51. The monoisotopic (exact) mass is 151 g/mol. The fraction of sp³-hybridized carbons (Fsp3) is 0.125. The minimum atomic E-state index is -0.752. The van der Waals surface area contributed by atoms with Crippen LogP contribution >= 0.6 is 0 Å². The second-order valence-corrected chi connectivity index (χ2v) is 2.14. The maximum absolute atomic E-state index is 10.7. The Bertz CT molecular complexity index is 335. The number of fused-ring (bicyclic) bond motifs is 1. The summed E-state index contributed by atoms with van der Waals surface area (Å²) in [4.78, 5) is 10.7. The van der Waals surface area contributed by atoms with Crippen molar-refractivity contribution < 1.29 is 15.6 Å². The Balaban J connectivity index is 2.56. The Labute approximate surface area is 64.9 Å². The third kappa shape index (κ3) is 0.852. The molecule has 1 aliphatic rings. The van der Waals surface area contributed by atoms with Gasteiger partial charge in [-0.2, -0.15) is 0 Å². The van der Waals surface area contributed by atoms with E-state index in [-0.39, 0.29) is 12.4 Å². The first-order chi connectivity index (χ1) is 5.79. The molecule has 1 aliphatic heterocycles. The number of hydrogen-bond acceptors (Lipinski definition) is 3. The highest BCUT2D eigenvalue weighted by Crippen LogP contribution is 2.33. The number of rotatable bonds is 1. The van der Waals surface area contributed by atoms with Crippen LogP contribution in [-0.2, 0) is 0 Å². The van der Waals surface area contributed by atoms with Gasteiger partial charge in [0, 0.05) is 0 Å². The Morgan fingerprint density at radius 1 is 1.55 bits per heavy atom. The van der Waals surface area contributed by atoms with Crippen LogP contribution < -0.4 is 9.47 Å². The molecule has 0 aliphatic carbocycles. The largest absolute Gasteiger partial charge is 0.454 e. The van der Waals surface area contributed by atoms with Crippen LogP contribution in [-0.4, -0.2) is 13.1 Å². The van der Waals surface area contributed by atoms with Crippen molar-refractivity contribution in [3.8, 4) is 11.5 Å². The third-order valence-corrected chi connectivity index (χ3v) is 1.51. The normalized spacial score (nSPS) is 14.4. The molecule has 1 heterocycles. The van der Waals surface area contributed by atoms with E-state index in [4.69, 9.17) is 10.8 Å². The van der Waals surface area contributed by atoms with E-state index in [2.05, 4.69) is 0 Å². The van der Waals surface area contributed by atoms with Crippen molar-refractivity contribution in [2.45, 2.75) is 0 Å². The fourth-order valence-electron chi connectivity index (χ4n) is 1.01. The number of aldehydes is 1. The standard InChI is InChI=1S/C8H6O3/c9-4-6-2-1-3-7-8(6)11-5-10-7/h1-4H,5H2/i4D. The summed E-state index contributed by atoms with van der Waals surface area (Å²) >= 11 is 0. The van der Waals surface area contributed by atoms with Crippen molar-refractivity contribution in [3.05, 3.63) is 23.8 Å². The molecule has 0 amide bonds. The lowest BCUT2D eigenvalue weighted by atomic mass is 10.2. The second kappa shape index (κ2) is 2.27. The van der Waals surface area contributed by atoms with Crippen LogP contribution in [0.1, 0.15) is 11.7 Å². The molecule has 0 unspecified atom stereocenters. The molecule has 0 saturated carbocycles. The molecule has 56 valence electrons. The molecular formula is C8H6O3. The molecule has 0 fully saturated rings. The zero-order chi connectivity index (χ0) is 8.55. The minimum absolute atomic E-state index is 0.125. The van der Waals surface area contributed by atoms with E-state index >= 15 is 0 Å². The van der Waals surface area contributed by atoms with Gasteiger partial charge in [-0.25, -0.2) is 0 Å². The predicted molar refractivity (Wildman–Crippen MR) is 38.0 cm³/mol. The smallest absolute Gasteiger partial charge is 0.231 e. The van der Waals surface area contributed by atoms with Gasteiger partial charge < -0.3 is 9.47 Å². The van der Waals surface area contributed by atoms with Crippen molar-refractivity contribution in [1.82, 2.24) is 0 Å². The van der Waals surface area contributed by atoms with Crippen LogP contribution in [0.3, 0.4) is 0 Å². The predicted octanol–water partition coefficient (Wildman–Crippen LogP) is 1.23. The summed E-state index contributed by atoms with van der Waals surface area (Å²) < 4.78 is 17.0. The summed E-state index contributed by atoms with van der Waals surface area (Å²) in [5.74, 6) is 0.922. The van der Waals surface area contributed by atoms with E-state index in [0.29, 0.717) is 11.5 Å². The Kier molecular flexibility index (Phi) is 1.07. The molecule has 3 heteroatoms. The fourth-order valence-corrected chi connectivity index (χ4v) is 1.01. The summed E-state index contributed by atoms with van der Waals surface area (Å²) in [7, 11) is 0. The minimum Gasteiger partial charge on any atom is -0.454 e. The van der Waals surface area contributed by atoms with E-state index in [0.717, 1.165) is 0 Å². The summed E-state index contributed by atoms with van der Waals surface area (Å²) in [6.07, 6.45) is -0.752. The molecule has 0 bridgehead atoms. The second-order valence-electron chi connectivity index (χ2n) is 2.14. The van der Waals surface area contributed by atoms with Crippen LogP contribution in [0, 0.1) is 0 Å². The van der Waals surface area contributed by atoms with E-state index in [1.807, 2.05) is 0 Å². The first kappa shape index (κ1) is 5.18. The number of carbonyl (C=O) groups excluding carboxylic acids is 1. The van der Waals surface area contributed by atoms with E-state index in [1.54, 1.807) is 18.2 Å². The Morgan fingerprint density at radius 2 is 2.45 bits per heavy atom. The van der Waals surface area contributed by atoms with Gasteiger partial charge in [0.25, 0.3) is 0 Å². The Morgan fingerprint density at radius 3 is 3.27 bits per heavy atom. The van der Waals surface area contributed by atoms with Crippen molar-refractivity contribution in [2.75, 3.05) is 6.79 Å². The number of benzene rings is 1. The highest BCUT2D eigenvalue weighted by molar-refractivity contribution is 5.81. The molecule has 1 aromatic carbocycles. The molecule has 1 aromatic rings. The van der Waals surface area contributed by atoms with Gasteiger partial charge in [0.1, 0.15) is 1.37 Å². The van der Waals surface area contributed by atoms with Crippen LogP contribution in [0.15, 0.2) is 18.2 Å². The van der Waals surface area contributed by atoms with Gasteiger partial charge in [-0.05, 0) is 12.1 Å². The van der Waals surface area contributed by atoms with Gasteiger partial charge in [-0.15, -0.1) is 0 Å². The Hall–Kier alpha value is -1.51. The number of para-hydroxylation sites is 1. The lowest BCUT2D eigenvalue weighted by Gasteiger charge is -1.96. The molecule has 0 saturated heterocycles. The van der Waals surface area contributed by atoms with Crippen LogP contribution in [0.4, 0.5) is 0 Å². The lowest BCUT2D eigenvalue weighted by molar-refractivity contribution is 0.111. The lowest BCUT2D eigenvalue weighted by Crippen LogP contribution is -1.94. The van der Waals surface area contributed by atoms with Crippen molar-refractivity contribution in [1.29, 1.82) is 0 Å². The summed E-state index contributed by atoms with van der Waals surface area (Å²) in [6, 6.07) is 4.91. The first-order valence-electron chi connectivity index (χ1n) is 3.68. The molecule has 0 spiro atoms. The summed E-state index contributed by atoms with van der Waals surface area (Å²) in [5, 5.41) is 0. The van der Waals surface area contributed by atoms with Gasteiger partial charge in [-0.1, -0.05) is 6.07 Å². The van der Waals surface area contributed by atoms with E-state index < -0.39 is 6.26 Å². The molecule has 0 N–H and O–H groups in total. The molecule has 3 nitrogen and oxygen atoms in total. The maximum Gasteiger partial charge on any atom is 0.231 e. The molecule has 0 aromatic heterocycles. The molecular weight excluding hydrogens is 144 g/mol. The van der Waals surface area contributed by atoms with E-state index in [9.17, 15) is 4.79 Å². The van der Waals surface area contributed by atoms with E-state index in [1.165, 1.54) is 0 Å².